The summed E-state index contributed by atoms with van der Waals surface area (Å²) in [5, 5.41) is 21.3. The highest BCUT2D eigenvalue weighted by Crippen LogP contribution is 2.49. The van der Waals surface area contributed by atoms with E-state index in [1.807, 2.05) is 58.2 Å². The number of carboxylic acid groups (broad SMARTS) is 1. The molecule has 0 radical (unpaired) electrons. The van der Waals surface area contributed by atoms with E-state index in [9.17, 15) is 14.7 Å². The number of rotatable bonds is 8. The number of nitrogens with zero attached hydrogens (tertiary/aromatic N) is 2. The van der Waals surface area contributed by atoms with Crippen LogP contribution in [0.4, 0.5) is 11.4 Å². The van der Waals surface area contributed by atoms with E-state index in [1.54, 1.807) is 51.1 Å². The van der Waals surface area contributed by atoms with Crippen LogP contribution in [0.1, 0.15) is 55.5 Å². The van der Waals surface area contributed by atoms with Crippen molar-refractivity contribution < 1.29 is 19.8 Å². The molecule has 0 fully saturated rings. The summed E-state index contributed by atoms with van der Waals surface area (Å²) in [4.78, 5) is 29.6. The Kier molecular flexibility index (Phi) is 11.4. The van der Waals surface area contributed by atoms with Crippen LogP contribution in [-0.4, -0.2) is 38.9 Å². The van der Waals surface area contributed by atoms with Gasteiger partial charge < -0.3 is 19.8 Å². The number of fused-ring (bicyclic) bond motifs is 3. The lowest BCUT2D eigenvalue weighted by atomic mass is 9.82. The van der Waals surface area contributed by atoms with Crippen LogP contribution >= 0.6 is 11.9 Å². The number of anilines is 2. The molecule has 0 bridgehead atoms. The Balaban J connectivity index is 0.000000978. The number of carbonyl (C=O) groups excluding carboxylic acids is 1. The molecule has 7 nitrogen and oxygen atoms in total. The first kappa shape index (κ1) is 34.4. The third kappa shape index (κ3) is 8.27. The monoisotopic (exact) mass is 613 g/mol. The number of carbonyl (C=O) groups is 2. The molecule has 8 heteroatoms. The topological polar surface area (TPSA) is 103 Å². The first-order valence-corrected chi connectivity index (χ1v) is 15.6. The molecule has 0 saturated heterocycles. The minimum absolute atomic E-state index is 0.0665. The Hall–Kier alpha value is -4.14. The van der Waals surface area contributed by atoms with Gasteiger partial charge in [-0.25, -0.2) is 0 Å². The van der Waals surface area contributed by atoms with Gasteiger partial charge in [0.15, 0.2) is 0 Å². The van der Waals surface area contributed by atoms with Gasteiger partial charge in [0.05, 0.1) is 41.8 Å². The number of aromatic nitrogens is 1. The van der Waals surface area contributed by atoms with E-state index in [2.05, 4.69) is 28.3 Å². The third-order valence-electron chi connectivity index (χ3n) is 6.96. The number of allylic oxidation sites excluding steroid dienone is 3. The highest BCUT2D eigenvalue weighted by molar-refractivity contribution is 7.99. The van der Waals surface area contributed by atoms with Crippen molar-refractivity contribution in [3.05, 3.63) is 101 Å². The molecule has 232 valence electrons. The lowest BCUT2D eigenvalue weighted by Gasteiger charge is -2.35. The standard InChI is InChI=1S/C32H33N3O3S.C4H10O/c1-7-9-10-22(8-2)32(38)34-25-15-24-18-35(39-6)31-20(4)26(16-27(36)37)28(23-13-11-19(3)12-14-23)21(5)29(31)30(24)33-17-25;1-4(2,3)5/h7-15,17H,2,16,18H2,1,3-6H3,(H,34,38)(H,36,37);5H,1-3H3/b9-7-,22-10+;. The molecule has 4 rings (SSSR count). The van der Waals surface area contributed by atoms with Crippen molar-refractivity contribution in [2.75, 3.05) is 15.9 Å². The van der Waals surface area contributed by atoms with Crippen molar-refractivity contribution in [3.8, 4) is 22.4 Å². The van der Waals surface area contributed by atoms with Crippen LogP contribution in [0.5, 0.6) is 0 Å². The lowest BCUT2D eigenvalue weighted by molar-refractivity contribution is -0.136. The highest BCUT2D eigenvalue weighted by atomic mass is 32.2. The fourth-order valence-electron chi connectivity index (χ4n) is 5.09. The summed E-state index contributed by atoms with van der Waals surface area (Å²) in [5.74, 6) is -1.12. The zero-order valence-corrected chi connectivity index (χ0v) is 27.7. The van der Waals surface area contributed by atoms with E-state index in [1.165, 1.54) is 6.08 Å². The van der Waals surface area contributed by atoms with Gasteiger partial charge in [-0.3, -0.25) is 14.6 Å². The predicted molar refractivity (Wildman–Crippen MR) is 184 cm³/mol. The van der Waals surface area contributed by atoms with Crippen LogP contribution in [0, 0.1) is 20.8 Å². The van der Waals surface area contributed by atoms with Crippen LogP contribution in [0.25, 0.3) is 22.4 Å². The van der Waals surface area contributed by atoms with Gasteiger partial charge in [-0.05, 0) is 88.4 Å². The second kappa shape index (κ2) is 14.6. The van der Waals surface area contributed by atoms with Gasteiger partial charge >= 0.3 is 5.97 Å². The number of amides is 1. The minimum Gasteiger partial charge on any atom is -0.481 e. The second-order valence-electron chi connectivity index (χ2n) is 11.7. The number of nitrogens with one attached hydrogen (secondary N) is 1. The Morgan fingerprint density at radius 3 is 2.30 bits per heavy atom. The Labute approximate surface area is 265 Å². The number of carboxylic acids is 1. The van der Waals surface area contributed by atoms with Crippen LogP contribution in [0.2, 0.25) is 0 Å². The molecule has 0 atom stereocenters. The molecule has 1 amide bonds. The third-order valence-corrected chi connectivity index (χ3v) is 7.71. The highest BCUT2D eigenvalue weighted by Gasteiger charge is 2.31. The normalized spacial score (nSPS) is 12.7. The average Bonchev–Trinajstić information content (AvgIpc) is 2.95. The van der Waals surface area contributed by atoms with E-state index in [0.29, 0.717) is 17.8 Å². The zero-order valence-electron chi connectivity index (χ0n) is 26.9. The van der Waals surface area contributed by atoms with E-state index in [4.69, 9.17) is 10.1 Å². The number of aliphatic hydroxyl groups is 1. The molecule has 2 aromatic carbocycles. The molecule has 44 heavy (non-hydrogen) atoms. The molecule has 3 aromatic rings. The van der Waals surface area contributed by atoms with Gasteiger partial charge in [-0.15, -0.1) is 0 Å². The van der Waals surface area contributed by atoms with Gasteiger partial charge in [0.2, 0.25) is 0 Å². The molecule has 0 unspecified atom stereocenters. The number of aliphatic carboxylic acids is 1. The van der Waals surface area contributed by atoms with Crippen LogP contribution in [0.3, 0.4) is 0 Å². The van der Waals surface area contributed by atoms with E-state index < -0.39 is 11.6 Å². The van der Waals surface area contributed by atoms with Gasteiger partial charge in [-0.2, -0.15) is 0 Å². The summed E-state index contributed by atoms with van der Waals surface area (Å²) < 4.78 is 2.18. The summed E-state index contributed by atoms with van der Waals surface area (Å²) in [7, 11) is 0. The van der Waals surface area contributed by atoms with Crippen molar-refractivity contribution >= 4 is 35.2 Å². The molecule has 0 saturated carbocycles. The van der Waals surface area contributed by atoms with Crippen molar-refractivity contribution in [1.82, 2.24) is 4.98 Å². The molecule has 0 spiro atoms. The zero-order chi connectivity index (χ0) is 32.8. The maximum absolute atomic E-state index is 12.8. The fourth-order valence-corrected chi connectivity index (χ4v) is 5.76. The van der Waals surface area contributed by atoms with Crippen LogP contribution < -0.4 is 9.62 Å². The SMILES string of the molecule is C=C/C(=C\C=C/C)C(=O)Nc1cnc2c(c1)CN(SC)c1c(C)c(CC(=O)O)c(-c3ccc(C)cc3)c(C)c1-2.CC(C)(C)O. The maximum atomic E-state index is 12.8. The minimum atomic E-state index is -0.862. The summed E-state index contributed by atoms with van der Waals surface area (Å²) in [6.45, 7) is 17.5. The summed E-state index contributed by atoms with van der Waals surface area (Å²) in [6.07, 6.45) is 10.5. The van der Waals surface area contributed by atoms with Crippen molar-refractivity contribution in [3.63, 3.8) is 0 Å². The smallest absolute Gasteiger partial charge is 0.307 e. The van der Waals surface area contributed by atoms with Crippen LogP contribution in [-0.2, 0) is 22.6 Å². The lowest BCUT2D eigenvalue weighted by Crippen LogP contribution is -2.23. The maximum Gasteiger partial charge on any atom is 0.307 e. The second-order valence-corrected chi connectivity index (χ2v) is 12.5. The molecule has 1 aliphatic rings. The number of pyridine rings is 1. The molecule has 1 aliphatic heterocycles. The Bertz CT molecular complexity index is 1610. The van der Waals surface area contributed by atoms with Gasteiger partial charge in [0.25, 0.3) is 5.91 Å². The first-order chi connectivity index (χ1) is 20.7. The van der Waals surface area contributed by atoms with E-state index in [-0.39, 0.29) is 12.3 Å². The molecule has 1 aromatic heterocycles. The molecular weight excluding hydrogens is 570 g/mol. The number of benzene rings is 2. The molecule has 0 aliphatic carbocycles. The number of hydrogen-bond acceptors (Lipinski definition) is 6. The summed E-state index contributed by atoms with van der Waals surface area (Å²) in [5.41, 5.74) is 10.2. The quantitative estimate of drug-likeness (QED) is 0.135. The number of aryl methyl sites for hydroxylation is 1. The predicted octanol–water partition coefficient (Wildman–Crippen LogP) is 7.97. The Morgan fingerprint density at radius 1 is 1.11 bits per heavy atom. The largest absolute Gasteiger partial charge is 0.481 e. The molecule has 3 N–H and O–H groups in total. The van der Waals surface area contributed by atoms with Gasteiger partial charge in [0, 0.05) is 23.0 Å². The molecule has 2 heterocycles. The first-order valence-electron chi connectivity index (χ1n) is 14.4. The average molecular weight is 614 g/mol. The van der Waals surface area contributed by atoms with Crippen molar-refractivity contribution in [2.24, 2.45) is 0 Å². The van der Waals surface area contributed by atoms with Crippen molar-refractivity contribution in [2.45, 2.75) is 67.0 Å². The Morgan fingerprint density at radius 2 is 1.75 bits per heavy atom. The van der Waals surface area contributed by atoms with E-state index in [0.717, 1.165) is 55.9 Å². The van der Waals surface area contributed by atoms with Crippen LogP contribution in [0.15, 0.2) is 73.0 Å². The van der Waals surface area contributed by atoms with E-state index >= 15 is 0 Å². The molecular formula is C36H43N3O4S. The van der Waals surface area contributed by atoms with Crippen molar-refractivity contribution in [1.29, 1.82) is 0 Å². The fraction of sp³-hybridized carbons (Fsp3) is 0.306. The summed E-state index contributed by atoms with van der Waals surface area (Å²) in [6, 6.07) is 10.2. The van der Waals surface area contributed by atoms with Gasteiger partial charge in [-0.1, -0.05) is 66.6 Å². The van der Waals surface area contributed by atoms with Gasteiger partial charge in [0.1, 0.15) is 0 Å². The number of hydrogen-bond donors (Lipinski definition) is 3. The summed E-state index contributed by atoms with van der Waals surface area (Å²) >= 11 is 1.58.